The highest BCUT2D eigenvalue weighted by Crippen LogP contribution is 1.30. The first-order valence-electron chi connectivity index (χ1n) is 1.63. The Morgan fingerprint density at radius 3 is 1.86 bits per heavy atom. The number of amides is 2. The average molecular weight is 117 g/mol. The zero-order valence-corrected chi connectivity index (χ0v) is 4.70. The second-order valence-electron chi connectivity index (χ2n) is 0.713. The molecule has 0 bridgehead atoms. The monoisotopic (exact) mass is 117 g/mol. The Balaban J connectivity index is 2.68. The Labute approximate surface area is 43.3 Å². The second-order valence-corrected chi connectivity index (χ2v) is 1.67. The lowest BCUT2D eigenvalue weighted by Crippen LogP contribution is -2.30. The molecule has 39 valence electrons. The molecule has 0 aliphatic heterocycles. The fourth-order valence-corrected chi connectivity index (χ4v) is 0.348. The Morgan fingerprint density at radius 1 is 1.14 bits per heavy atom. The summed E-state index contributed by atoms with van der Waals surface area (Å²) in [5.74, 6) is 0. The number of hydrogen-bond donors (Lipinski definition) is 2. The maximum absolute atomic E-state index is 9.43. The maximum Gasteiger partial charge on any atom is 0.276 e. The van der Waals surface area contributed by atoms with Gasteiger partial charge in [0, 0.05) is 0 Å². The van der Waals surface area contributed by atoms with Crippen molar-refractivity contribution in [2.45, 2.75) is 0 Å². The highest BCUT2D eigenvalue weighted by molar-refractivity contribution is 6.35. The van der Waals surface area contributed by atoms with E-state index in [0.717, 1.165) is 0 Å². The van der Waals surface area contributed by atoms with Gasteiger partial charge in [-0.05, 0) is 0 Å². The SMILES string of the molecule is O=CN[SiH]NC=O. The van der Waals surface area contributed by atoms with Crippen LogP contribution >= 0.6 is 0 Å². The van der Waals surface area contributed by atoms with Gasteiger partial charge in [-0.15, -0.1) is 0 Å². The molecule has 0 aliphatic rings. The van der Waals surface area contributed by atoms with E-state index in [0.29, 0.717) is 12.8 Å². The van der Waals surface area contributed by atoms with Gasteiger partial charge in [0.25, 0.3) is 9.84 Å². The predicted molar refractivity (Wildman–Crippen MR) is 25.5 cm³/mol. The van der Waals surface area contributed by atoms with Crippen molar-refractivity contribution in [3.8, 4) is 0 Å². The minimum atomic E-state index is -0.414. The highest BCUT2D eigenvalue weighted by atomic mass is 28.2. The zero-order valence-electron chi connectivity index (χ0n) is 3.55. The standard InChI is InChI=1S/C2H5N2O2Si/c5-1-3-7-4-2-6/h1-2,7H,(H,3,5)(H,4,6). The van der Waals surface area contributed by atoms with Crippen LogP contribution in [0.4, 0.5) is 0 Å². The van der Waals surface area contributed by atoms with E-state index in [-0.39, 0.29) is 0 Å². The smallest absolute Gasteiger partial charge is 0.276 e. The van der Waals surface area contributed by atoms with Crippen molar-refractivity contribution in [2.24, 2.45) is 0 Å². The number of hydrogen-bond acceptors (Lipinski definition) is 2. The Bertz CT molecular complexity index is 58.7. The zero-order chi connectivity index (χ0) is 5.54. The van der Waals surface area contributed by atoms with Crippen LogP contribution in [0.25, 0.3) is 0 Å². The number of nitrogens with one attached hydrogen (secondary N) is 2. The molecule has 5 heteroatoms. The summed E-state index contributed by atoms with van der Waals surface area (Å²) >= 11 is 0. The number of rotatable bonds is 4. The van der Waals surface area contributed by atoms with Crippen LogP contribution in [0.5, 0.6) is 0 Å². The lowest BCUT2D eigenvalue weighted by molar-refractivity contribution is -0.108. The van der Waals surface area contributed by atoms with Crippen molar-refractivity contribution in [1.82, 2.24) is 9.96 Å². The molecule has 0 aromatic rings. The van der Waals surface area contributed by atoms with Crippen LogP contribution in [-0.4, -0.2) is 22.7 Å². The Morgan fingerprint density at radius 2 is 1.57 bits per heavy atom. The van der Waals surface area contributed by atoms with Gasteiger partial charge in [-0.1, -0.05) is 0 Å². The van der Waals surface area contributed by atoms with E-state index in [1.54, 1.807) is 0 Å². The van der Waals surface area contributed by atoms with Crippen LogP contribution in [0.2, 0.25) is 0 Å². The third-order valence-corrected chi connectivity index (χ3v) is 0.908. The molecule has 4 nitrogen and oxygen atoms in total. The maximum atomic E-state index is 9.43. The third-order valence-electron chi connectivity index (χ3n) is 0.303. The summed E-state index contributed by atoms with van der Waals surface area (Å²) in [4.78, 5) is 23.5. The van der Waals surface area contributed by atoms with Crippen molar-refractivity contribution in [1.29, 1.82) is 0 Å². The van der Waals surface area contributed by atoms with E-state index in [1.807, 2.05) is 0 Å². The molecule has 0 fully saturated rings. The average Bonchev–Trinajstić information content (AvgIpc) is 1.69. The molecular formula is C2H5N2O2Si. The molecular weight excluding hydrogens is 112 g/mol. The van der Waals surface area contributed by atoms with Crippen LogP contribution in [0.3, 0.4) is 0 Å². The van der Waals surface area contributed by atoms with Crippen LogP contribution in [0.1, 0.15) is 0 Å². The molecule has 2 amide bonds. The molecule has 0 saturated heterocycles. The summed E-state index contributed by atoms with van der Waals surface area (Å²) in [7, 11) is -0.414. The molecule has 7 heavy (non-hydrogen) atoms. The van der Waals surface area contributed by atoms with E-state index in [9.17, 15) is 9.59 Å². The Hall–Kier alpha value is -0.843. The predicted octanol–water partition coefficient (Wildman–Crippen LogP) is -2.26. The molecule has 0 spiro atoms. The molecule has 0 unspecified atom stereocenters. The second kappa shape index (κ2) is 5.16. The van der Waals surface area contributed by atoms with Crippen molar-refractivity contribution in [3.63, 3.8) is 0 Å². The molecule has 0 heterocycles. The molecule has 1 radical (unpaired) electrons. The van der Waals surface area contributed by atoms with Gasteiger partial charge in [0.2, 0.25) is 0 Å². The van der Waals surface area contributed by atoms with Gasteiger partial charge in [0.1, 0.15) is 0 Å². The summed E-state index contributed by atoms with van der Waals surface area (Å²) in [6, 6.07) is 0. The fraction of sp³-hybridized carbons (Fsp3) is 0. The largest absolute Gasteiger partial charge is 0.370 e. The molecule has 0 saturated carbocycles. The van der Waals surface area contributed by atoms with Gasteiger partial charge < -0.3 is 9.96 Å². The van der Waals surface area contributed by atoms with E-state index < -0.39 is 9.84 Å². The summed E-state index contributed by atoms with van der Waals surface area (Å²) in [5.41, 5.74) is 0. The van der Waals surface area contributed by atoms with Gasteiger partial charge in [-0.2, -0.15) is 0 Å². The molecule has 2 N–H and O–H groups in total. The highest BCUT2D eigenvalue weighted by Gasteiger charge is 1.75. The first kappa shape index (κ1) is 6.16. The summed E-state index contributed by atoms with van der Waals surface area (Å²) < 4.78 is 0. The van der Waals surface area contributed by atoms with Crippen LogP contribution < -0.4 is 9.96 Å². The summed E-state index contributed by atoms with van der Waals surface area (Å²) in [6.07, 6.45) is 1.09. The third kappa shape index (κ3) is 5.16. The van der Waals surface area contributed by atoms with Gasteiger partial charge in [0.15, 0.2) is 12.8 Å². The summed E-state index contributed by atoms with van der Waals surface area (Å²) in [6.45, 7) is 0. The molecule has 0 aromatic heterocycles. The molecule has 0 aliphatic carbocycles. The first-order chi connectivity index (χ1) is 3.41. The minimum absolute atomic E-state index is 0.414. The summed E-state index contributed by atoms with van der Waals surface area (Å²) in [5, 5.41) is 0. The minimum Gasteiger partial charge on any atom is -0.370 e. The van der Waals surface area contributed by atoms with Gasteiger partial charge in [-0.3, -0.25) is 9.59 Å². The van der Waals surface area contributed by atoms with Crippen molar-refractivity contribution in [2.75, 3.05) is 0 Å². The van der Waals surface area contributed by atoms with Crippen LogP contribution in [-0.2, 0) is 9.59 Å². The lowest BCUT2D eigenvalue weighted by atomic mass is 11.5. The van der Waals surface area contributed by atoms with Gasteiger partial charge in [-0.25, -0.2) is 0 Å². The topological polar surface area (TPSA) is 58.2 Å². The lowest BCUT2D eigenvalue weighted by Gasteiger charge is -1.87. The van der Waals surface area contributed by atoms with Gasteiger partial charge in [0.05, 0.1) is 0 Å². The van der Waals surface area contributed by atoms with Crippen LogP contribution in [0.15, 0.2) is 0 Å². The van der Waals surface area contributed by atoms with E-state index in [1.165, 1.54) is 0 Å². The van der Waals surface area contributed by atoms with E-state index >= 15 is 0 Å². The molecule has 0 atom stereocenters. The van der Waals surface area contributed by atoms with Crippen molar-refractivity contribution in [3.05, 3.63) is 0 Å². The van der Waals surface area contributed by atoms with Gasteiger partial charge >= 0.3 is 0 Å². The number of carbonyl (C=O) groups excluding carboxylic acids is 2. The van der Waals surface area contributed by atoms with Crippen LogP contribution in [0, 0.1) is 0 Å². The number of carbonyl (C=O) groups is 2. The molecule has 0 rings (SSSR count). The molecule has 0 aromatic carbocycles. The first-order valence-corrected chi connectivity index (χ1v) is 2.78. The van der Waals surface area contributed by atoms with Crippen molar-refractivity contribution < 1.29 is 9.59 Å². The normalized spacial score (nSPS) is 6.86. The van der Waals surface area contributed by atoms with E-state index in [2.05, 4.69) is 9.96 Å². The Kier molecular flexibility index (Phi) is 4.54. The van der Waals surface area contributed by atoms with Crippen molar-refractivity contribution >= 4 is 22.7 Å². The van der Waals surface area contributed by atoms with E-state index in [4.69, 9.17) is 0 Å². The fourth-order valence-electron chi connectivity index (χ4n) is 0.116. The quantitative estimate of drug-likeness (QED) is 0.248.